The molecule has 0 fully saturated rings. The van der Waals surface area contributed by atoms with Crippen molar-refractivity contribution in [1.29, 1.82) is 0 Å². The third kappa shape index (κ3) is 4.10. The Morgan fingerprint density at radius 2 is 2.19 bits per heavy atom. The minimum Gasteiger partial charge on any atom is -0.337 e. The first-order valence-corrected chi connectivity index (χ1v) is 7.95. The van der Waals surface area contributed by atoms with E-state index in [-0.39, 0.29) is 23.5 Å². The van der Waals surface area contributed by atoms with Crippen molar-refractivity contribution >= 4 is 10.0 Å². The van der Waals surface area contributed by atoms with Gasteiger partial charge in [-0.1, -0.05) is 0 Å². The first-order valence-electron chi connectivity index (χ1n) is 6.47. The van der Waals surface area contributed by atoms with Crippen molar-refractivity contribution in [1.82, 2.24) is 14.3 Å². The van der Waals surface area contributed by atoms with Crippen LogP contribution in [0.25, 0.3) is 0 Å². The van der Waals surface area contributed by atoms with Gasteiger partial charge in [-0.05, 0) is 24.6 Å². The second-order valence-corrected chi connectivity index (χ2v) is 6.28. The summed E-state index contributed by atoms with van der Waals surface area (Å²) in [5, 5.41) is 0. The topological polar surface area (TPSA) is 90.0 Å². The average molecular weight is 312 g/mol. The summed E-state index contributed by atoms with van der Waals surface area (Å²) >= 11 is 0. The molecule has 6 nitrogen and oxygen atoms in total. The zero-order chi connectivity index (χ0) is 15.3. The zero-order valence-corrected chi connectivity index (χ0v) is 12.2. The van der Waals surface area contributed by atoms with Gasteiger partial charge in [0.2, 0.25) is 10.0 Å². The monoisotopic (exact) mass is 312 g/mol. The fraction of sp³-hybridized carbons (Fsp3) is 0.308. The third-order valence-corrected chi connectivity index (χ3v) is 4.45. The first kappa shape index (κ1) is 15.6. The molecule has 1 aromatic heterocycles. The third-order valence-electron chi connectivity index (χ3n) is 2.99. The van der Waals surface area contributed by atoms with Crippen LogP contribution < -0.4 is 10.5 Å². The highest BCUT2D eigenvalue weighted by Gasteiger charge is 2.15. The van der Waals surface area contributed by atoms with E-state index in [0.29, 0.717) is 13.0 Å². The lowest BCUT2D eigenvalue weighted by molar-refractivity contribution is 0.568. The van der Waals surface area contributed by atoms with Crippen LogP contribution >= 0.6 is 0 Å². The molecule has 114 valence electrons. The number of hydrogen-bond acceptors (Lipinski definition) is 4. The van der Waals surface area contributed by atoms with Crippen molar-refractivity contribution in [2.45, 2.75) is 24.4 Å². The zero-order valence-electron chi connectivity index (χ0n) is 11.4. The number of hydrogen-bond donors (Lipinski definition) is 2. The molecular weight excluding hydrogens is 295 g/mol. The minimum absolute atomic E-state index is 0.0204. The van der Waals surface area contributed by atoms with E-state index in [0.717, 1.165) is 6.07 Å². The van der Waals surface area contributed by atoms with Gasteiger partial charge >= 0.3 is 0 Å². The van der Waals surface area contributed by atoms with Crippen LogP contribution in [0.2, 0.25) is 0 Å². The van der Waals surface area contributed by atoms with Crippen LogP contribution in [0.4, 0.5) is 4.39 Å². The summed E-state index contributed by atoms with van der Waals surface area (Å²) in [4.78, 5) is 3.92. The first-order chi connectivity index (χ1) is 10.0. The SMILES string of the molecule is NCc1cc(S(=O)(=O)NCCCn2ccnc2)ccc1F. The Bertz CT molecular complexity index is 686. The lowest BCUT2D eigenvalue weighted by atomic mass is 10.2. The Labute approximate surface area is 122 Å². The maximum atomic E-state index is 13.3. The molecule has 0 saturated carbocycles. The largest absolute Gasteiger partial charge is 0.337 e. The van der Waals surface area contributed by atoms with E-state index in [2.05, 4.69) is 9.71 Å². The Kier molecular flexibility index (Phi) is 5.05. The van der Waals surface area contributed by atoms with Gasteiger partial charge < -0.3 is 10.3 Å². The van der Waals surface area contributed by atoms with Crippen LogP contribution in [0.3, 0.4) is 0 Å². The van der Waals surface area contributed by atoms with E-state index in [4.69, 9.17) is 5.73 Å². The summed E-state index contributed by atoms with van der Waals surface area (Å²) in [6, 6.07) is 3.60. The van der Waals surface area contributed by atoms with Gasteiger partial charge in [-0.2, -0.15) is 0 Å². The van der Waals surface area contributed by atoms with Gasteiger partial charge in [0.25, 0.3) is 0 Å². The summed E-state index contributed by atoms with van der Waals surface area (Å²) < 4.78 is 41.8. The number of imidazole rings is 1. The molecule has 3 N–H and O–H groups in total. The van der Waals surface area contributed by atoms with Crippen LogP contribution in [0.15, 0.2) is 41.8 Å². The normalized spacial score (nSPS) is 11.7. The van der Waals surface area contributed by atoms with Crippen molar-refractivity contribution in [2.75, 3.05) is 6.54 Å². The number of rotatable bonds is 7. The van der Waals surface area contributed by atoms with E-state index >= 15 is 0 Å². The lowest BCUT2D eigenvalue weighted by Crippen LogP contribution is -2.25. The summed E-state index contributed by atoms with van der Waals surface area (Å²) in [7, 11) is -3.65. The van der Waals surface area contributed by atoms with Gasteiger partial charge in [-0.3, -0.25) is 0 Å². The molecular formula is C13H17FN4O2S. The van der Waals surface area contributed by atoms with Crippen molar-refractivity contribution in [2.24, 2.45) is 5.73 Å². The van der Waals surface area contributed by atoms with Crippen molar-refractivity contribution in [3.05, 3.63) is 48.3 Å². The molecule has 8 heteroatoms. The second-order valence-electron chi connectivity index (χ2n) is 4.51. The average Bonchev–Trinajstić information content (AvgIpc) is 2.97. The number of nitrogens with two attached hydrogens (primary N) is 1. The molecule has 0 saturated heterocycles. The van der Waals surface area contributed by atoms with Crippen LogP contribution in [-0.2, 0) is 23.1 Å². The Morgan fingerprint density at radius 1 is 1.38 bits per heavy atom. The number of halogens is 1. The maximum Gasteiger partial charge on any atom is 0.240 e. The quantitative estimate of drug-likeness (QED) is 0.742. The molecule has 2 rings (SSSR count). The van der Waals surface area contributed by atoms with Crippen molar-refractivity contribution in [3.8, 4) is 0 Å². The van der Waals surface area contributed by atoms with Crippen LogP contribution in [0.1, 0.15) is 12.0 Å². The summed E-state index contributed by atoms with van der Waals surface area (Å²) in [5.41, 5.74) is 5.55. The van der Waals surface area contributed by atoms with E-state index < -0.39 is 15.8 Å². The smallest absolute Gasteiger partial charge is 0.240 e. The molecule has 0 radical (unpaired) electrons. The van der Waals surface area contributed by atoms with Gasteiger partial charge in [0.15, 0.2) is 0 Å². The van der Waals surface area contributed by atoms with Gasteiger partial charge in [0.05, 0.1) is 11.2 Å². The Hall–Kier alpha value is -1.77. The van der Waals surface area contributed by atoms with Crippen molar-refractivity contribution < 1.29 is 12.8 Å². The van der Waals surface area contributed by atoms with Gasteiger partial charge in [-0.15, -0.1) is 0 Å². The fourth-order valence-corrected chi connectivity index (χ4v) is 2.97. The number of nitrogens with zero attached hydrogens (tertiary/aromatic N) is 2. The van der Waals surface area contributed by atoms with E-state index in [9.17, 15) is 12.8 Å². The highest BCUT2D eigenvalue weighted by Crippen LogP contribution is 2.14. The number of sulfonamides is 1. The number of aromatic nitrogens is 2. The van der Waals surface area contributed by atoms with Crippen LogP contribution in [0, 0.1) is 5.82 Å². The Morgan fingerprint density at radius 3 is 2.86 bits per heavy atom. The Balaban J connectivity index is 1.95. The van der Waals surface area contributed by atoms with E-state index in [1.807, 2.05) is 10.8 Å². The molecule has 21 heavy (non-hydrogen) atoms. The molecule has 1 heterocycles. The molecule has 0 unspecified atom stereocenters. The molecule has 0 amide bonds. The summed E-state index contributed by atoms with van der Waals surface area (Å²) in [6.45, 7) is 0.908. The fourth-order valence-electron chi connectivity index (χ4n) is 1.85. The summed E-state index contributed by atoms with van der Waals surface area (Å²) in [5.74, 6) is -0.503. The predicted molar refractivity (Wildman–Crippen MR) is 76.3 cm³/mol. The molecule has 0 aliphatic carbocycles. The maximum absolute atomic E-state index is 13.3. The highest BCUT2D eigenvalue weighted by molar-refractivity contribution is 7.89. The molecule has 0 spiro atoms. The number of nitrogens with one attached hydrogen (secondary N) is 1. The molecule has 0 aliphatic heterocycles. The van der Waals surface area contributed by atoms with Crippen LogP contribution in [-0.4, -0.2) is 24.5 Å². The molecule has 0 bridgehead atoms. The van der Waals surface area contributed by atoms with E-state index in [1.54, 1.807) is 12.5 Å². The summed E-state index contributed by atoms with van der Waals surface area (Å²) in [6.07, 6.45) is 5.77. The van der Waals surface area contributed by atoms with E-state index in [1.165, 1.54) is 12.1 Å². The number of benzene rings is 1. The predicted octanol–water partition coefficient (Wildman–Crippen LogP) is 0.850. The second kappa shape index (κ2) is 6.79. The minimum atomic E-state index is -3.65. The van der Waals surface area contributed by atoms with Gasteiger partial charge in [0.1, 0.15) is 5.82 Å². The molecule has 2 aromatic rings. The van der Waals surface area contributed by atoms with Crippen LogP contribution in [0.5, 0.6) is 0 Å². The standard InChI is InChI=1S/C13H17FN4O2S/c14-13-3-2-12(8-11(13)9-15)21(19,20)17-4-1-6-18-7-5-16-10-18/h2-3,5,7-8,10,17H,1,4,6,9,15H2. The lowest BCUT2D eigenvalue weighted by Gasteiger charge is -2.09. The molecule has 0 atom stereocenters. The molecule has 0 aliphatic rings. The van der Waals surface area contributed by atoms with Gasteiger partial charge in [-0.25, -0.2) is 22.5 Å². The molecule has 1 aromatic carbocycles. The highest BCUT2D eigenvalue weighted by atomic mass is 32.2. The number of aryl methyl sites for hydroxylation is 1. The van der Waals surface area contributed by atoms with Gasteiger partial charge in [0, 0.05) is 37.6 Å². The van der Waals surface area contributed by atoms with Crippen molar-refractivity contribution in [3.63, 3.8) is 0 Å².